The first kappa shape index (κ1) is 14.3. The molecule has 5 nitrogen and oxygen atoms in total. The van der Waals surface area contributed by atoms with Crippen LogP contribution in [0.4, 0.5) is 10.5 Å². The number of carbonyl (C=O) groups is 2. The summed E-state index contributed by atoms with van der Waals surface area (Å²) in [6, 6.07) is 6.70. The van der Waals surface area contributed by atoms with Gasteiger partial charge in [-0.15, -0.1) is 0 Å². The molecule has 3 N–H and O–H groups in total. The largest absolute Gasteiger partial charge is 0.506 e. The topological polar surface area (TPSA) is 78.4 Å². The van der Waals surface area contributed by atoms with E-state index in [0.29, 0.717) is 16.8 Å². The van der Waals surface area contributed by atoms with Crippen LogP contribution < -0.4 is 10.6 Å². The van der Waals surface area contributed by atoms with E-state index < -0.39 is 6.03 Å². The molecule has 0 saturated carbocycles. The average Bonchev–Trinajstić information content (AvgIpc) is 2.77. The molecule has 1 aromatic carbocycles. The lowest BCUT2D eigenvalue weighted by atomic mass is 10.0. The van der Waals surface area contributed by atoms with E-state index in [9.17, 15) is 14.7 Å². The predicted molar refractivity (Wildman–Crippen MR) is 86.3 cm³/mol. The Bertz CT molecular complexity index is 803. The van der Waals surface area contributed by atoms with Crippen molar-refractivity contribution < 1.29 is 14.7 Å². The molecule has 0 fully saturated rings. The Morgan fingerprint density at radius 3 is 2.64 bits per heavy atom. The molecule has 0 aromatic heterocycles. The molecule has 0 radical (unpaired) electrons. The molecule has 6 heteroatoms. The molecule has 0 spiro atoms. The molecule has 2 aliphatic carbocycles. The van der Waals surface area contributed by atoms with Crippen LogP contribution in [0.2, 0.25) is 0 Å². The number of amides is 2. The molecule has 0 aliphatic heterocycles. The number of hydrogen-bond donors (Lipinski definition) is 3. The SMILES string of the molecule is O=C1C=CC2=C(NC(=O)Nc3ccccc3Br)C(O)=CC2=C1. The van der Waals surface area contributed by atoms with Gasteiger partial charge < -0.3 is 15.7 Å². The molecule has 1 aromatic rings. The molecular formula is C16H11BrN2O3. The van der Waals surface area contributed by atoms with E-state index in [4.69, 9.17) is 0 Å². The summed E-state index contributed by atoms with van der Waals surface area (Å²) in [6.07, 6.45) is 5.82. The number of anilines is 1. The zero-order chi connectivity index (χ0) is 15.7. The smallest absolute Gasteiger partial charge is 0.323 e. The van der Waals surface area contributed by atoms with Crippen LogP contribution in [0.1, 0.15) is 0 Å². The van der Waals surface area contributed by atoms with E-state index >= 15 is 0 Å². The van der Waals surface area contributed by atoms with Crippen molar-refractivity contribution in [2.45, 2.75) is 0 Å². The number of nitrogens with one attached hydrogen (secondary N) is 2. The second kappa shape index (κ2) is 5.65. The second-order valence-corrected chi connectivity index (χ2v) is 5.57. The highest BCUT2D eigenvalue weighted by Gasteiger charge is 2.24. The lowest BCUT2D eigenvalue weighted by molar-refractivity contribution is -0.110. The molecular weight excluding hydrogens is 348 g/mol. The van der Waals surface area contributed by atoms with Crippen molar-refractivity contribution in [2.75, 3.05) is 5.32 Å². The van der Waals surface area contributed by atoms with Gasteiger partial charge in [-0.3, -0.25) is 4.79 Å². The Morgan fingerprint density at radius 2 is 1.86 bits per heavy atom. The average molecular weight is 359 g/mol. The van der Waals surface area contributed by atoms with Crippen LogP contribution in [-0.2, 0) is 4.79 Å². The minimum Gasteiger partial charge on any atom is -0.506 e. The van der Waals surface area contributed by atoms with Gasteiger partial charge in [0.15, 0.2) is 5.78 Å². The summed E-state index contributed by atoms with van der Waals surface area (Å²) in [7, 11) is 0. The van der Waals surface area contributed by atoms with Gasteiger partial charge in [0.1, 0.15) is 5.76 Å². The third-order valence-corrected chi connectivity index (χ3v) is 3.89. The summed E-state index contributed by atoms with van der Waals surface area (Å²) in [4.78, 5) is 23.4. The Balaban J connectivity index is 1.80. The summed E-state index contributed by atoms with van der Waals surface area (Å²) in [5.41, 5.74) is 2.08. The lowest BCUT2D eigenvalue weighted by Crippen LogP contribution is -2.29. The molecule has 2 aliphatic rings. The van der Waals surface area contributed by atoms with Crippen LogP contribution in [0.5, 0.6) is 0 Å². The summed E-state index contributed by atoms with van der Waals surface area (Å²) in [5, 5.41) is 15.2. The molecule has 22 heavy (non-hydrogen) atoms. The number of para-hydroxylation sites is 1. The first-order chi connectivity index (χ1) is 10.5. The number of aliphatic hydroxyl groups is 1. The number of aliphatic hydroxyl groups excluding tert-OH is 1. The normalized spacial score (nSPS) is 16.1. The van der Waals surface area contributed by atoms with Crippen LogP contribution >= 0.6 is 15.9 Å². The van der Waals surface area contributed by atoms with Crippen molar-refractivity contribution in [3.8, 4) is 0 Å². The summed E-state index contributed by atoms with van der Waals surface area (Å²) in [5.74, 6) is -0.232. The second-order valence-electron chi connectivity index (χ2n) is 4.71. The predicted octanol–water partition coefficient (Wildman–Crippen LogP) is 3.35. The molecule has 3 rings (SSSR count). The fourth-order valence-electron chi connectivity index (χ4n) is 2.21. The molecule has 110 valence electrons. The number of ketones is 1. The Hall–Kier alpha value is -2.60. The number of rotatable bonds is 2. The van der Waals surface area contributed by atoms with Gasteiger partial charge in [0, 0.05) is 10.0 Å². The number of fused-ring (bicyclic) bond motifs is 1. The maximum atomic E-state index is 12.1. The Kier molecular flexibility index (Phi) is 3.68. The van der Waals surface area contributed by atoms with Gasteiger partial charge in [0.25, 0.3) is 0 Å². The molecule has 0 bridgehead atoms. The van der Waals surface area contributed by atoms with Crippen LogP contribution in [0.15, 0.2) is 75.6 Å². The lowest BCUT2D eigenvalue weighted by Gasteiger charge is -2.12. The zero-order valence-corrected chi connectivity index (χ0v) is 12.8. The highest BCUT2D eigenvalue weighted by molar-refractivity contribution is 9.10. The quantitative estimate of drug-likeness (QED) is 0.758. The molecule has 0 unspecified atom stereocenters. The minimum atomic E-state index is -0.485. The van der Waals surface area contributed by atoms with Gasteiger partial charge in [0.2, 0.25) is 0 Å². The van der Waals surface area contributed by atoms with Crippen molar-refractivity contribution in [3.05, 3.63) is 75.6 Å². The van der Waals surface area contributed by atoms with E-state index in [1.165, 1.54) is 18.2 Å². The van der Waals surface area contributed by atoms with Crippen LogP contribution in [-0.4, -0.2) is 16.9 Å². The first-order valence-electron chi connectivity index (χ1n) is 6.46. The molecule has 0 heterocycles. The van der Waals surface area contributed by atoms with Crippen molar-refractivity contribution in [2.24, 2.45) is 0 Å². The highest BCUT2D eigenvalue weighted by Crippen LogP contribution is 2.31. The van der Waals surface area contributed by atoms with Gasteiger partial charge in [0.05, 0.1) is 11.4 Å². The van der Waals surface area contributed by atoms with Crippen LogP contribution in [0.25, 0.3) is 0 Å². The van der Waals surface area contributed by atoms with E-state index in [-0.39, 0.29) is 17.2 Å². The Labute approximate surface area is 134 Å². The summed E-state index contributed by atoms with van der Waals surface area (Å²) >= 11 is 3.34. The van der Waals surface area contributed by atoms with Crippen molar-refractivity contribution in [1.29, 1.82) is 0 Å². The van der Waals surface area contributed by atoms with Gasteiger partial charge in [-0.2, -0.15) is 0 Å². The molecule has 0 atom stereocenters. The number of allylic oxidation sites excluding steroid dienone is 6. The third-order valence-electron chi connectivity index (χ3n) is 3.20. The minimum absolute atomic E-state index is 0.0807. The number of hydrogen-bond acceptors (Lipinski definition) is 3. The fourth-order valence-corrected chi connectivity index (χ4v) is 2.59. The number of carbonyl (C=O) groups excluding carboxylic acids is 2. The van der Waals surface area contributed by atoms with E-state index in [0.717, 1.165) is 4.47 Å². The standard InChI is InChI=1S/C16H11BrN2O3/c17-12-3-1-2-4-13(12)18-16(22)19-15-11-6-5-10(20)7-9(11)8-14(15)21/h1-8,21H,(H2,18,19,22). The van der Waals surface area contributed by atoms with E-state index in [1.807, 2.05) is 6.07 Å². The van der Waals surface area contributed by atoms with Gasteiger partial charge in [-0.1, -0.05) is 12.1 Å². The Morgan fingerprint density at radius 1 is 1.09 bits per heavy atom. The third kappa shape index (κ3) is 2.73. The first-order valence-corrected chi connectivity index (χ1v) is 7.26. The zero-order valence-electron chi connectivity index (χ0n) is 11.3. The number of urea groups is 1. The van der Waals surface area contributed by atoms with Crippen LogP contribution in [0.3, 0.4) is 0 Å². The monoisotopic (exact) mass is 358 g/mol. The number of benzene rings is 1. The highest BCUT2D eigenvalue weighted by atomic mass is 79.9. The maximum Gasteiger partial charge on any atom is 0.323 e. The van der Waals surface area contributed by atoms with Crippen molar-refractivity contribution in [3.63, 3.8) is 0 Å². The van der Waals surface area contributed by atoms with Crippen molar-refractivity contribution >= 4 is 33.4 Å². The van der Waals surface area contributed by atoms with Gasteiger partial charge in [-0.25, -0.2) is 4.79 Å². The molecule has 2 amide bonds. The van der Waals surface area contributed by atoms with Crippen LogP contribution in [0, 0.1) is 0 Å². The van der Waals surface area contributed by atoms with E-state index in [2.05, 4.69) is 26.6 Å². The van der Waals surface area contributed by atoms with Gasteiger partial charge >= 0.3 is 6.03 Å². The van der Waals surface area contributed by atoms with E-state index in [1.54, 1.807) is 24.3 Å². The fraction of sp³-hybridized carbons (Fsp3) is 0. The number of halogens is 1. The van der Waals surface area contributed by atoms with Gasteiger partial charge in [-0.05, 0) is 57.9 Å². The molecule has 0 saturated heterocycles. The summed E-state index contributed by atoms with van der Waals surface area (Å²) in [6.45, 7) is 0. The maximum absolute atomic E-state index is 12.1. The summed E-state index contributed by atoms with van der Waals surface area (Å²) < 4.78 is 0.748. The van der Waals surface area contributed by atoms with Crippen molar-refractivity contribution in [1.82, 2.24) is 5.32 Å².